The lowest BCUT2D eigenvalue weighted by Gasteiger charge is -2.11. The van der Waals surface area contributed by atoms with Crippen LogP contribution in [0.3, 0.4) is 0 Å². The zero-order chi connectivity index (χ0) is 16.4. The Bertz CT molecular complexity index is 506. The number of aryl methyl sites for hydroxylation is 2. The van der Waals surface area contributed by atoms with Crippen molar-refractivity contribution in [3.05, 3.63) is 15.6 Å². The van der Waals surface area contributed by atoms with E-state index in [9.17, 15) is 4.79 Å². The van der Waals surface area contributed by atoms with Gasteiger partial charge < -0.3 is 15.4 Å². The topological polar surface area (TPSA) is 75.6 Å². The van der Waals surface area contributed by atoms with Crippen LogP contribution < -0.4 is 10.6 Å². The lowest BCUT2D eigenvalue weighted by atomic mass is 10.2. The summed E-state index contributed by atoms with van der Waals surface area (Å²) in [4.78, 5) is 20.8. The van der Waals surface area contributed by atoms with Crippen LogP contribution in [0.15, 0.2) is 4.99 Å². The average Bonchev–Trinajstić information content (AvgIpc) is 2.83. The van der Waals surface area contributed by atoms with Crippen molar-refractivity contribution >= 4 is 47.2 Å². The van der Waals surface area contributed by atoms with E-state index in [4.69, 9.17) is 0 Å². The lowest BCUT2D eigenvalue weighted by molar-refractivity contribution is -0.140. The van der Waals surface area contributed by atoms with Crippen molar-refractivity contribution in [1.82, 2.24) is 15.6 Å². The number of unbranched alkanes of at least 4 members (excludes halogenated alkanes) is 2. The smallest absolute Gasteiger partial charge is 0.305 e. The number of ether oxygens (including phenoxy) is 1. The van der Waals surface area contributed by atoms with Gasteiger partial charge in [0.15, 0.2) is 5.96 Å². The second-order valence-electron chi connectivity index (χ2n) is 4.98. The zero-order valence-electron chi connectivity index (χ0n) is 14.3. The van der Waals surface area contributed by atoms with Gasteiger partial charge in [-0.2, -0.15) is 0 Å². The molecule has 1 rings (SSSR count). The highest BCUT2D eigenvalue weighted by atomic mass is 127. The van der Waals surface area contributed by atoms with E-state index in [1.165, 1.54) is 12.0 Å². The van der Waals surface area contributed by atoms with Gasteiger partial charge in [-0.1, -0.05) is 6.42 Å². The number of aromatic nitrogens is 1. The van der Waals surface area contributed by atoms with Crippen LogP contribution in [0.1, 0.15) is 41.3 Å². The number of nitrogens with zero attached hydrogens (tertiary/aromatic N) is 2. The van der Waals surface area contributed by atoms with E-state index >= 15 is 0 Å². The van der Waals surface area contributed by atoms with Gasteiger partial charge in [-0.25, -0.2) is 4.98 Å². The Kier molecular flexibility index (Phi) is 12.0. The first-order valence-corrected chi connectivity index (χ1v) is 8.32. The molecule has 132 valence electrons. The van der Waals surface area contributed by atoms with Crippen LogP contribution in [0.4, 0.5) is 0 Å². The summed E-state index contributed by atoms with van der Waals surface area (Å²) >= 11 is 1.71. The molecule has 0 saturated heterocycles. The van der Waals surface area contributed by atoms with Gasteiger partial charge in [0, 0.05) is 24.9 Å². The van der Waals surface area contributed by atoms with Crippen molar-refractivity contribution in [2.45, 2.75) is 46.1 Å². The molecule has 0 unspecified atom stereocenters. The molecule has 0 spiro atoms. The summed E-state index contributed by atoms with van der Waals surface area (Å²) in [6.07, 6.45) is 3.34. The predicted molar refractivity (Wildman–Crippen MR) is 106 cm³/mol. The Hall–Kier alpha value is -0.900. The van der Waals surface area contributed by atoms with Crippen LogP contribution in [-0.2, 0) is 16.1 Å². The van der Waals surface area contributed by atoms with Crippen molar-refractivity contribution < 1.29 is 9.53 Å². The van der Waals surface area contributed by atoms with Crippen LogP contribution in [0.2, 0.25) is 0 Å². The Morgan fingerprint density at radius 3 is 2.57 bits per heavy atom. The number of thiazole rings is 1. The van der Waals surface area contributed by atoms with Crippen molar-refractivity contribution in [2.24, 2.45) is 4.99 Å². The zero-order valence-corrected chi connectivity index (χ0v) is 17.4. The first-order chi connectivity index (χ1) is 10.6. The van der Waals surface area contributed by atoms with E-state index in [0.29, 0.717) is 6.42 Å². The molecule has 0 aliphatic heterocycles. The second kappa shape index (κ2) is 12.5. The Balaban J connectivity index is 0.00000484. The average molecular weight is 454 g/mol. The molecule has 1 aromatic rings. The van der Waals surface area contributed by atoms with E-state index < -0.39 is 0 Å². The normalized spacial score (nSPS) is 10.9. The number of halogens is 1. The van der Waals surface area contributed by atoms with Crippen LogP contribution in [0.5, 0.6) is 0 Å². The standard InChI is InChI=1S/C15H26N4O2S.HI/c1-11-13(22-12(2)19-11)10-18-15(16-3)17-9-7-5-6-8-14(20)21-4;/h5-10H2,1-4H3,(H2,16,17,18);1H. The maximum atomic E-state index is 11.0. The minimum atomic E-state index is -0.138. The van der Waals surface area contributed by atoms with Crippen molar-refractivity contribution in [2.75, 3.05) is 20.7 Å². The highest BCUT2D eigenvalue weighted by molar-refractivity contribution is 14.0. The molecule has 2 N–H and O–H groups in total. The number of guanidine groups is 1. The summed E-state index contributed by atoms with van der Waals surface area (Å²) in [6.45, 7) is 5.61. The number of nitrogens with one attached hydrogen (secondary N) is 2. The fourth-order valence-corrected chi connectivity index (χ4v) is 2.88. The first-order valence-electron chi connectivity index (χ1n) is 7.51. The van der Waals surface area contributed by atoms with Gasteiger partial charge in [0.2, 0.25) is 0 Å². The molecule has 0 radical (unpaired) electrons. The third kappa shape index (κ3) is 9.09. The third-order valence-electron chi connectivity index (χ3n) is 3.22. The van der Waals surface area contributed by atoms with Gasteiger partial charge in [0.1, 0.15) is 0 Å². The van der Waals surface area contributed by atoms with E-state index in [0.717, 1.165) is 49.0 Å². The summed E-state index contributed by atoms with van der Waals surface area (Å²) in [7, 11) is 3.18. The molecule has 0 saturated carbocycles. The van der Waals surface area contributed by atoms with Crippen LogP contribution >= 0.6 is 35.3 Å². The predicted octanol–water partition coefficient (Wildman–Crippen LogP) is 2.78. The molecule has 0 aromatic carbocycles. The summed E-state index contributed by atoms with van der Waals surface area (Å²) < 4.78 is 4.61. The second-order valence-corrected chi connectivity index (χ2v) is 6.27. The van der Waals surface area contributed by atoms with E-state index in [2.05, 4.69) is 25.3 Å². The van der Waals surface area contributed by atoms with E-state index in [-0.39, 0.29) is 29.9 Å². The summed E-state index contributed by atoms with van der Waals surface area (Å²) in [5, 5.41) is 7.65. The maximum absolute atomic E-state index is 11.0. The van der Waals surface area contributed by atoms with Crippen LogP contribution in [0.25, 0.3) is 0 Å². The summed E-state index contributed by atoms with van der Waals surface area (Å²) in [6, 6.07) is 0. The minimum Gasteiger partial charge on any atom is -0.469 e. The molecule has 1 aromatic heterocycles. The highest BCUT2D eigenvalue weighted by Crippen LogP contribution is 2.16. The van der Waals surface area contributed by atoms with Crippen LogP contribution in [-0.4, -0.2) is 37.6 Å². The SMILES string of the molecule is CN=C(NCCCCCC(=O)OC)NCc1sc(C)nc1C.I. The Morgan fingerprint density at radius 1 is 1.26 bits per heavy atom. The number of carbonyl (C=O) groups is 1. The fraction of sp³-hybridized carbons (Fsp3) is 0.667. The summed E-state index contributed by atoms with van der Waals surface area (Å²) in [5.74, 6) is 0.652. The number of carbonyl (C=O) groups excluding carboxylic acids is 1. The van der Waals surface area contributed by atoms with Gasteiger partial charge in [-0.05, 0) is 26.7 Å². The highest BCUT2D eigenvalue weighted by Gasteiger charge is 2.05. The van der Waals surface area contributed by atoms with Gasteiger partial charge in [-0.15, -0.1) is 35.3 Å². The number of methoxy groups -OCH3 is 1. The molecule has 0 atom stereocenters. The third-order valence-corrected chi connectivity index (χ3v) is 4.29. The number of esters is 1. The lowest BCUT2D eigenvalue weighted by Crippen LogP contribution is -2.37. The Morgan fingerprint density at radius 2 is 2.00 bits per heavy atom. The van der Waals surface area contributed by atoms with Gasteiger partial charge in [-0.3, -0.25) is 9.79 Å². The maximum Gasteiger partial charge on any atom is 0.305 e. The molecule has 0 aliphatic rings. The van der Waals surface area contributed by atoms with Crippen molar-refractivity contribution in [3.63, 3.8) is 0 Å². The molecule has 23 heavy (non-hydrogen) atoms. The molecular formula is C15H27IN4O2S. The number of rotatable bonds is 8. The van der Waals surface area contributed by atoms with E-state index in [1.807, 2.05) is 13.8 Å². The monoisotopic (exact) mass is 454 g/mol. The molecule has 0 amide bonds. The number of hydrogen-bond acceptors (Lipinski definition) is 5. The van der Waals surface area contributed by atoms with Crippen LogP contribution in [0, 0.1) is 13.8 Å². The molecular weight excluding hydrogens is 427 g/mol. The molecule has 8 heteroatoms. The summed E-state index contributed by atoms with van der Waals surface area (Å²) in [5.41, 5.74) is 1.08. The molecule has 0 fully saturated rings. The quantitative estimate of drug-likeness (QED) is 0.208. The van der Waals surface area contributed by atoms with Gasteiger partial charge >= 0.3 is 5.97 Å². The molecule has 1 heterocycles. The van der Waals surface area contributed by atoms with Gasteiger partial charge in [0.05, 0.1) is 24.4 Å². The van der Waals surface area contributed by atoms with Crippen molar-refractivity contribution in [3.8, 4) is 0 Å². The molecule has 0 aliphatic carbocycles. The molecule has 0 bridgehead atoms. The minimum absolute atomic E-state index is 0. The number of aliphatic imine (C=N–C) groups is 1. The number of hydrogen-bond donors (Lipinski definition) is 2. The first kappa shape index (κ1) is 22.1. The van der Waals surface area contributed by atoms with Gasteiger partial charge in [0.25, 0.3) is 0 Å². The largest absolute Gasteiger partial charge is 0.469 e. The Labute approximate surface area is 159 Å². The van der Waals surface area contributed by atoms with E-state index in [1.54, 1.807) is 18.4 Å². The fourth-order valence-electron chi connectivity index (χ4n) is 2.00. The molecule has 6 nitrogen and oxygen atoms in total. The van der Waals surface area contributed by atoms with Crippen molar-refractivity contribution in [1.29, 1.82) is 0 Å².